The third kappa shape index (κ3) is 3.07. The number of rotatable bonds is 2. The highest BCUT2D eigenvalue weighted by molar-refractivity contribution is 7.21. The molecule has 23 heavy (non-hydrogen) atoms. The average Bonchev–Trinajstić information content (AvgIpc) is 2.53. The Morgan fingerprint density at radius 2 is 1.70 bits per heavy atom. The summed E-state index contributed by atoms with van der Waals surface area (Å²) in [5.41, 5.74) is -0.293. The van der Waals surface area contributed by atoms with Crippen LogP contribution in [0.15, 0.2) is 53.3 Å². The van der Waals surface area contributed by atoms with Crippen molar-refractivity contribution < 1.29 is 17.9 Å². The van der Waals surface area contributed by atoms with Crippen molar-refractivity contribution in [3.05, 3.63) is 64.3 Å². The predicted molar refractivity (Wildman–Crippen MR) is 85.1 cm³/mol. The quantitative estimate of drug-likeness (QED) is 0.661. The molecule has 0 saturated carbocycles. The third-order valence-electron chi connectivity index (χ3n) is 3.43. The van der Waals surface area contributed by atoms with Crippen LogP contribution >= 0.6 is 11.3 Å². The van der Waals surface area contributed by atoms with E-state index in [1.807, 2.05) is 0 Å². The molecule has 0 N–H and O–H groups in total. The molecule has 0 saturated heterocycles. The molecular weight excluding hydrogens is 325 g/mol. The summed E-state index contributed by atoms with van der Waals surface area (Å²) in [6.07, 6.45) is -4.43. The number of benzene rings is 2. The van der Waals surface area contributed by atoms with E-state index in [2.05, 4.69) is 0 Å². The van der Waals surface area contributed by atoms with Gasteiger partial charge in [0, 0.05) is 21.0 Å². The first-order chi connectivity index (χ1) is 10.9. The van der Waals surface area contributed by atoms with Crippen LogP contribution in [0.2, 0.25) is 0 Å². The Hall–Kier alpha value is -2.34. The number of methoxy groups -OCH3 is 1. The van der Waals surface area contributed by atoms with Gasteiger partial charge in [0.25, 0.3) is 0 Å². The van der Waals surface area contributed by atoms with Crippen LogP contribution in [0.25, 0.3) is 20.5 Å². The van der Waals surface area contributed by atoms with Crippen LogP contribution in [0.3, 0.4) is 0 Å². The van der Waals surface area contributed by atoms with Crippen LogP contribution in [0.5, 0.6) is 5.75 Å². The van der Waals surface area contributed by atoms with E-state index in [9.17, 15) is 18.0 Å². The summed E-state index contributed by atoms with van der Waals surface area (Å²) in [6, 6.07) is 11.6. The maximum atomic E-state index is 12.8. The van der Waals surface area contributed by atoms with Crippen LogP contribution in [-0.4, -0.2) is 7.11 Å². The van der Waals surface area contributed by atoms with E-state index < -0.39 is 11.7 Å². The van der Waals surface area contributed by atoms with E-state index in [0.29, 0.717) is 20.7 Å². The van der Waals surface area contributed by atoms with Gasteiger partial charge in [0.15, 0.2) is 5.43 Å². The van der Waals surface area contributed by atoms with Gasteiger partial charge in [-0.25, -0.2) is 0 Å². The minimum Gasteiger partial charge on any atom is -0.497 e. The molecule has 1 aromatic heterocycles. The molecule has 3 rings (SSSR count). The molecule has 0 unspecified atom stereocenters. The SMILES string of the molecule is COc1ccc(-c2cc(=O)c3ccc(C(F)(F)F)cc3s2)cc1. The summed E-state index contributed by atoms with van der Waals surface area (Å²) in [6.45, 7) is 0. The minimum absolute atomic E-state index is 0.292. The van der Waals surface area contributed by atoms with Crippen molar-refractivity contribution in [2.24, 2.45) is 0 Å². The van der Waals surface area contributed by atoms with Crippen molar-refractivity contribution in [2.75, 3.05) is 7.11 Å². The Morgan fingerprint density at radius 3 is 2.30 bits per heavy atom. The molecule has 118 valence electrons. The Labute approximate surface area is 133 Å². The van der Waals surface area contributed by atoms with Gasteiger partial charge in [-0.2, -0.15) is 13.2 Å². The zero-order valence-corrected chi connectivity index (χ0v) is 12.8. The molecule has 1 heterocycles. The van der Waals surface area contributed by atoms with Gasteiger partial charge in [0.2, 0.25) is 0 Å². The standard InChI is InChI=1S/C17H11F3O2S/c1-22-12-5-2-10(3-6-12)15-9-14(21)13-7-4-11(17(18,19)20)8-16(13)23-15/h2-9H,1H3. The fourth-order valence-electron chi connectivity index (χ4n) is 2.23. The van der Waals surface area contributed by atoms with Crippen molar-refractivity contribution >= 4 is 21.4 Å². The number of hydrogen-bond acceptors (Lipinski definition) is 3. The molecule has 6 heteroatoms. The van der Waals surface area contributed by atoms with E-state index in [1.165, 1.54) is 12.1 Å². The van der Waals surface area contributed by atoms with Gasteiger partial charge in [-0.3, -0.25) is 4.79 Å². The smallest absolute Gasteiger partial charge is 0.416 e. The third-order valence-corrected chi connectivity index (χ3v) is 4.56. The molecular formula is C17H11F3O2S. The van der Waals surface area contributed by atoms with E-state index in [-0.39, 0.29) is 5.43 Å². The van der Waals surface area contributed by atoms with Gasteiger partial charge in [-0.05, 0) is 48.0 Å². The molecule has 0 fully saturated rings. The Kier molecular flexibility index (Phi) is 3.85. The number of ether oxygens (including phenoxy) is 1. The number of halogens is 3. The summed E-state index contributed by atoms with van der Waals surface area (Å²) < 4.78 is 43.9. The highest BCUT2D eigenvalue weighted by Crippen LogP contribution is 2.34. The Morgan fingerprint density at radius 1 is 1.00 bits per heavy atom. The largest absolute Gasteiger partial charge is 0.497 e. The molecule has 2 aromatic carbocycles. The molecule has 0 aliphatic carbocycles. The van der Waals surface area contributed by atoms with Gasteiger partial charge in [-0.15, -0.1) is 11.3 Å². The van der Waals surface area contributed by atoms with Gasteiger partial charge in [-0.1, -0.05) is 0 Å². The summed E-state index contributed by atoms with van der Waals surface area (Å²) in [7, 11) is 1.54. The molecule has 0 spiro atoms. The second-order valence-electron chi connectivity index (χ2n) is 4.91. The molecule has 3 aromatic rings. The van der Waals surface area contributed by atoms with Gasteiger partial charge in [0.05, 0.1) is 12.7 Å². The van der Waals surface area contributed by atoms with Crippen molar-refractivity contribution in [2.45, 2.75) is 6.18 Å². The molecule has 0 aliphatic heterocycles. The first kappa shape index (κ1) is 15.6. The minimum atomic E-state index is -4.43. The van der Waals surface area contributed by atoms with Crippen LogP contribution < -0.4 is 10.2 Å². The normalized spacial score (nSPS) is 11.7. The average molecular weight is 336 g/mol. The van der Waals surface area contributed by atoms with Crippen LogP contribution in [0.1, 0.15) is 5.56 Å². The van der Waals surface area contributed by atoms with Gasteiger partial charge >= 0.3 is 6.18 Å². The summed E-state index contributed by atoms with van der Waals surface area (Å²) in [5.74, 6) is 0.668. The topological polar surface area (TPSA) is 26.3 Å². The highest BCUT2D eigenvalue weighted by atomic mass is 32.1. The predicted octanol–water partition coefficient (Wildman–Crippen LogP) is 4.96. The lowest BCUT2D eigenvalue weighted by molar-refractivity contribution is -0.137. The van der Waals surface area contributed by atoms with Crippen molar-refractivity contribution in [3.8, 4) is 16.2 Å². The molecule has 0 atom stereocenters. The molecule has 0 aliphatic rings. The van der Waals surface area contributed by atoms with Crippen LogP contribution in [0.4, 0.5) is 13.2 Å². The summed E-state index contributed by atoms with van der Waals surface area (Å²) >= 11 is 1.16. The van der Waals surface area contributed by atoms with Crippen molar-refractivity contribution in [1.82, 2.24) is 0 Å². The number of hydrogen-bond donors (Lipinski definition) is 0. The number of alkyl halides is 3. The monoisotopic (exact) mass is 336 g/mol. The van der Waals surface area contributed by atoms with Gasteiger partial charge < -0.3 is 4.74 Å². The maximum Gasteiger partial charge on any atom is 0.416 e. The first-order valence-electron chi connectivity index (χ1n) is 6.68. The molecule has 0 bridgehead atoms. The lowest BCUT2D eigenvalue weighted by Crippen LogP contribution is -2.06. The van der Waals surface area contributed by atoms with E-state index in [4.69, 9.17) is 4.74 Å². The zero-order chi connectivity index (χ0) is 16.6. The maximum absolute atomic E-state index is 12.8. The van der Waals surface area contributed by atoms with Crippen LogP contribution in [-0.2, 0) is 6.18 Å². The van der Waals surface area contributed by atoms with Crippen LogP contribution in [0, 0.1) is 0 Å². The Bertz CT molecular complexity index is 912. The second kappa shape index (κ2) is 5.70. The van der Waals surface area contributed by atoms with E-state index in [0.717, 1.165) is 29.0 Å². The highest BCUT2D eigenvalue weighted by Gasteiger charge is 2.30. The Balaban J connectivity index is 2.16. The lowest BCUT2D eigenvalue weighted by Gasteiger charge is -2.08. The first-order valence-corrected chi connectivity index (χ1v) is 7.49. The van der Waals surface area contributed by atoms with E-state index >= 15 is 0 Å². The fourth-order valence-corrected chi connectivity index (χ4v) is 3.35. The number of fused-ring (bicyclic) bond motifs is 1. The zero-order valence-electron chi connectivity index (χ0n) is 12.0. The van der Waals surface area contributed by atoms with Crippen molar-refractivity contribution in [1.29, 1.82) is 0 Å². The molecule has 0 radical (unpaired) electrons. The van der Waals surface area contributed by atoms with Crippen molar-refractivity contribution in [3.63, 3.8) is 0 Å². The lowest BCUT2D eigenvalue weighted by atomic mass is 10.1. The van der Waals surface area contributed by atoms with Gasteiger partial charge in [0.1, 0.15) is 5.75 Å². The molecule has 2 nitrogen and oxygen atoms in total. The fraction of sp³-hybridized carbons (Fsp3) is 0.118. The summed E-state index contributed by atoms with van der Waals surface area (Å²) in [4.78, 5) is 12.8. The second-order valence-corrected chi connectivity index (χ2v) is 6.00. The molecule has 0 amide bonds. The van der Waals surface area contributed by atoms with E-state index in [1.54, 1.807) is 31.4 Å². The summed E-state index contributed by atoms with van der Waals surface area (Å²) in [5, 5.41) is 0.292.